The van der Waals surface area contributed by atoms with Crippen molar-refractivity contribution in [3.8, 4) is 5.82 Å². The van der Waals surface area contributed by atoms with Crippen molar-refractivity contribution in [1.29, 1.82) is 0 Å². The average Bonchev–Trinajstić information content (AvgIpc) is 2.57. The third-order valence-corrected chi connectivity index (χ3v) is 3.26. The summed E-state index contributed by atoms with van der Waals surface area (Å²) >= 11 is 6.14. The summed E-state index contributed by atoms with van der Waals surface area (Å²) in [4.78, 5) is 4.35. The van der Waals surface area contributed by atoms with E-state index in [2.05, 4.69) is 10.1 Å². The van der Waals surface area contributed by atoms with Crippen molar-refractivity contribution in [3.63, 3.8) is 0 Å². The number of rotatable bonds is 2. The molecule has 0 aliphatic rings. The van der Waals surface area contributed by atoms with Gasteiger partial charge in [0.25, 0.3) is 0 Å². The van der Waals surface area contributed by atoms with Crippen molar-refractivity contribution >= 4 is 11.6 Å². The molecule has 0 aliphatic heterocycles. The third kappa shape index (κ3) is 2.06. The topological polar surface area (TPSA) is 56.7 Å². The van der Waals surface area contributed by atoms with Crippen LogP contribution in [0.2, 0.25) is 5.02 Å². The molecule has 2 rings (SSSR count). The van der Waals surface area contributed by atoms with Crippen LogP contribution < -0.4 is 5.73 Å². The summed E-state index contributed by atoms with van der Waals surface area (Å²) in [6.45, 7) is 5.72. The number of pyridine rings is 1. The van der Waals surface area contributed by atoms with Crippen LogP contribution in [0.1, 0.15) is 29.9 Å². The molecule has 0 fully saturated rings. The summed E-state index contributed by atoms with van der Waals surface area (Å²) in [5, 5.41) is 5.06. The van der Waals surface area contributed by atoms with E-state index in [1.165, 1.54) is 0 Å². The molecule has 1 unspecified atom stereocenters. The molecule has 0 bridgehead atoms. The molecule has 17 heavy (non-hydrogen) atoms. The summed E-state index contributed by atoms with van der Waals surface area (Å²) in [7, 11) is 0. The molecule has 0 radical (unpaired) electrons. The minimum atomic E-state index is -0.0959. The molecular weight excluding hydrogens is 236 g/mol. The van der Waals surface area contributed by atoms with Gasteiger partial charge < -0.3 is 5.73 Å². The van der Waals surface area contributed by atoms with Crippen LogP contribution in [0.5, 0.6) is 0 Å². The second kappa shape index (κ2) is 4.47. The molecule has 2 aromatic rings. The number of hydrogen-bond acceptors (Lipinski definition) is 3. The van der Waals surface area contributed by atoms with E-state index in [4.69, 9.17) is 17.3 Å². The first-order valence-electron chi connectivity index (χ1n) is 5.45. The Morgan fingerprint density at radius 1 is 1.41 bits per heavy atom. The number of hydrogen-bond donors (Lipinski definition) is 1. The van der Waals surface area contributed by atoms with Gasteiger partial charge in [0.05, 0.1) is 16.4 Å². The largest absolute Gasteiger partial charge is 0.324 e. The number of nitrogens with zero attached hydrogens (tertiary/aromatic N) is 3. The highest BCUT2D eigenvalue weighted by Crippen LogP contribution is 2.24. The van der Waals surface area contributed by atoms with Gasteiger partial charge in [-0.3, -0.25) is 0 Å². The highest BCUT2D eigenvalue weighted by molar-refractivity contribution is 6.31. The Morgan fingerprint density at radius 2 is 2.12 bits per heavy atom. The van der Waals surface area contributed by atoms with Crippen molar-refractivity contribution in [2.45, 2.75) is 26.8 Å². The van der Waals surface area contributed by atoms with Gasteiger partial charge in [0.2, 0.25) is 0 Å². The fraction of sp³-hybridized carbons (Fsp3) is 0.333. The van der Waals surface area contributed by atoms with Crippen molar-refractivity contribution in [1.82, 2.24) is 14.8 Å². The molecule has 0 spiro atoms. The average molecular weight is 251 g/mol. The molecule has 0 amide bonds. The van der Waals surface area contributed by atoms with E-state index in [9.17, 15) is 0 Å². The van der Waals surface area contributed by atoms with E-state index in [0.29, 0.717) is 5.02 Å². The monoisotopic (exact) mass is 250 g/mol. The molecule has 0 saturated carbocycles. The Kier molecular flexibility index (Phi) is 3.17. The maximum Gasteiger partial charge on any atom is 0.158 e. The standard InChI is InChI=1S/C12H15ClN4/c1-7(14)10-5-4-6-15-12(10)17-9(3)11(13)8(2)16-17/h4-7H,14H2,1-3H3. The predicted octanol–water partition coefficient (Wildman–Crippen LogP) is 2.56. The fourth-order valence-electron chi connectivity index (χ4n) is 1.77. The minimum Gasteiger partial charge on any atom is -0.324 e. The molecule has 2 aromatic heterocycles. The van der Waals surface area contributed by atoms with E-state index < -0.39 is 0 Å². The van der Waals surface area contributed by atoms with Crippen LogP contribution in [-0.4, -0.2) is 14.8 Å². The summed E-state index contributed by atoms with van der Waals surface area (Å²) in [5.74, 6) is 0.745. The molecule has 1 atom stereocenters. The molecular formula is C12H15ClN4. The third-order valence-electron chi connectivity index (χ3n) is 2.71. The van der Waals surface area contributed by atoms with Gasteiger partial charge in [0.1, 0.15) is 0 Å². The molecule has 90 valence electrons. The Hall–Kier alpha value is -1.39. The zero-order chi connectivity index (χ0) is 12.6. The molecule has 2 N–H and O–H groups in total. The Labute approximate surface area is 105 Å². The van der Waals surface area contributed by atoms with Crippen LogP contribution in [-0.2, 0) is 0 Å². The lowest BCUT2D eigenvalue weighted by molar-refractivity contribution is 0.745. The first kappa shape index (κ1) is 12.1. The van der Waals surface area contributed by atoms with Crippen molar-refractivity contribution in [2.24, 2.45) is 5.73 Å². The maximum atomic E-state index is 6.14. The van der Waals surface area contributed by atoms with Gasteiger partial charge in [0.15, 0.2) is 5.82 Å². The lowest BCUT2D eigenvalue weighted by Gasteiger charge is -2.12. The summed E-state index contributed by atoms with van der Waals surface area (Å²) < 4.78 is 1.75. The second-order valence-electron chi connectivity index (χ2n) is 4.10. The Bertz CT molecular complexity index is 545. The van der Waals surface area contributed by atoms with Crippen molar-refractivity contribution in [2.75, 3.05) is 0 Å². The summed E-state index contributed by atoms with van der Waals surface area (Å²) in [6, 6.07) is 3.73. The van der Waals surface area contributed by atoms with E-state index in [1.807, 2.05) is 32.9 Å². The zero-order valence-corrected chi connectivity index (χ0v) is 10.9. The van der Waals surface area contributed by atoms with Gasteiger partial charge in [-0.1, -0.05) is 17.7 Å². The van der Waals surface area contributed by atoms with Gasteiger partial charge in [-0.15, -0.1) is 0 Å². The number of halogens is 1. The number of aryl methyl sites for hydroxylation is 1. The fourth-order valence-corrected chi connectivity index (χ4v) is 1.89. The first-order valence-corrected chi connectivity index (χ1v) is 5.82. The van der Waals surface area contributed by atoms with Gasteiger partial charge in [0, 0.05) is 17.8 Å². The van der Waals surface area contributed by atoms with E-state index in [1.54, 1.807) is 10.9 Å². The molecule has 0 aliphatic carbocycles. The van der Waals surface area contributed by atoms with Crippen LogP contribution in [0.4, 0.5) is 0 Å². The van der Waals surface area contributed by atoms with Gasteiger partial charge in [-0.25, -0.2) is 9.67 Å². The van der Waals surface area contributed by atoms with E-state index in [-0.39, 0.29) is 6.04 Å². The highest BCUT2D eigenvalue weighted by atomic mass is 35.5. The van der Waals surface area contributed by atoms with Gasteiger partial charge in [-0.2, -0.15) is 5.10 Å². The van der Waals surface area contributed by atoms with Crippen LogP contribution in [0.15, 0.2) is 18.3 Å². The molecule has 4 nitrogen and oxygen atoms in total. The molecule has 2 heterocycles. The number of nitrogens with two attached hydrogens (primary N) is 1. The van der Waals surface area contributed by atoms with Crippen LogP contribution >= 0.6 is 11.6 Å². The molecule has 0 aromatic carbocycles. The summed E-state index contributed by atoms with van der Waals surface area (Å²) in [6.07, 6.45) is 1.73. The lowest BCUT2D eigenvalue weighted by Crippen LogP contribution is -2.12. The molecule has 5 heteroatoms. The van der Waals surface area contributed by atoms with Crippen LogP contribution in [0, 0.1) is 13.8 Å². The zero-order valence-electron chi connectivity index (χ0n) is 10.1. The summed E-state index contributed by atoms with van der Waals surface area (Å²) in [5.41, 5.74) is 8.56. The highest BCUT2D eigenvalue weighted by Gasteiger charge is 2.15. The quantitative estimate of drug-likeness (QED) is 0.891. The maximum absolute atomic E-state index is 6.14. The van der Waals surface area contributed by atoms with Crippen molar-refractivity contribution in [3.05, 3.63) is 40.3 Å². The van der Waals surface area contributed by atoms with Gasteiger partial charge in [-0.05, 0) is 26.8 Å². The van der Waals surface area contributed by atoms with Crippen LogP contribution in [0.3, 0.4) is 0 Å². The first-order chi connectivity index (χ1) is 8.02. The normalized spacial score (nSPS) is 12.8. The van der Waals surface area contributed by atoms with E-state index >= 15 is 0 Å². The smallest absolute Gasteiger partial charge is 0.158 e. The minimum absolute atomic E-state index is 0.0959. The van der Waals surface area contributed by atoms with Crippen LogP contribution in [0.25, 0.3) is 5.82 Å². The molecule has 0 saturated heterocycles. The predicted molar refractivity (Wildman–Crippen MR) is 68.4 cm³/mol. The SMILES string of the molecule is Cc1nn(-c2ncccc2C(C)N)c(C)c1Cl. The van der Waals surface area contributed by atoms with E-state index in [0.717, 1.165) is 22.8 Å². The Morgan fingerprint density at radius 3 is 2.65 bits per heavy atom. The lowest BCUT2D eigenvalue weighted by atomic mass is 10.1. The van der Waals surface area contributed by atoms with Crippen molar-refractivity contribution < 1.29 is 0 Å². The second-order valence-corrected chi connectivity index (χ2v) is 4.48. The van der Waals surface area contributed by atoms with Gasteiger partial charge >= 0.3 is 0 Å². The number of aromatic nitrogens is 3. The Balaban J connectivity index is 2.64.